The number of hydrazine groups is 1. The van der Waals surface area contributed by atoms with E-state index in [1.165, 1.54) is 141 Å². The number of hydrogen-bond acceptors (Lipinski definition) is 11. The van der Waals surface area contributed by atoms with E-state index >= 15 is 0 Å². The maximum absolute atomic E-state index is 10.0. The van der Waals surface area contributed by atoms with Gasteiger partial charge in [-0.1, -0.05) is 209 Å². The van der Waals surface area contributed by atoms with Gasteiger partial charge in [0.05, 0.1) is 61.9 Å². The molecule has 0 aliphatic carbocycles. The smallest absolute Gasteiger partial charge is 0 e. The van der Waals surface area contributed by atoms with Gasteiger partial charge in [-0.05, 0) is 182 Å². The van der Waals surface area contributed by atoms with Crippen LogP contribution in [-0.2, 0) is 82.9 Å². The molecule has 2 N–H and O–H groups in total. The number of rotatable bonds is 11. The normalized spacial score (nSPS) is 14.2. The molecule has 9 heterocycles. The Bertz CT molecular complexity index is 8060. The number of anilines is 2. The van der Waals surface area contributed by atoms with Crippen molar-refractivity contribution in [1.29, 1.82) is 0 Å². The Morgan fingerprint density at radius 2 is 1.21 bits per heavy atom. The Hall–Kier alpha value is -12.2. The Morgan fingerprint density at radius 1 is 0.554 bits per heavy atom. The summed E-state index contributed by atoms with van der Waals surface area (Å²) in [6, 6.07) is 80.3. The summed E-state index contributed by atoms with van der Waals surface area (Å²) in [5.41, 5.74) is 23.1. The van der Waals surface area contributed by atoms with E-state index in [4.69, 9.17) is 36.6 Å². The van der Waals surface area contributed by atoms with Gasteiger partial charge in [0.1, 0.15) is 0 Å². The van der Waals surface area contributed by atoms with Crippen LogP contribution in [0.25, 0.3) is 111 Å². The van der Waals surface area contributed by atoms with E-state index in [2.05, 4.69) is 275 Å². The average molecular weight is 2460 g/mol. The van der Waals surface area contributed by atoms with E-state index in [-0.39, 0.29) is 172 Å². The van der Waals surface area contributed by atoms with Crippen molar-refractivity contribution in [2.75, 3.05) is 10.0 Å². The number of nitrogens with zero attached hydrogens (tertiary/aromatic N) is 8. The number of aromatic nitrogens is 6. The number of carbonyl (C=O) groups excluding carboxylic acids is 2. The van der Waals surface area contributed by atoms with Crippen LogP contribution < -0.4 is 24.2 Å². The molecule has 139 heavy (non-hydrogen) atoms. The molecular formula is C122H123GeIr3N8O4Si-3. The first-order chi connectivity index (χ1) is 70.5. The number of aliphatic hydroxyl groups excluding tert-OH is 2. The molecule has 17 aromatic rings. The number of hydrogen-bond donors (Lipinski definition) is 2. The van der Waals surface area contributed by atoms with Crippen molar-refractivity contribution in [2.45, 2.75) is 172 Å². The van der Waals surface area contributed by atoms with E-state index in [1.807, 2.05) is 98.4 Å². The first-order valence-corrected chi connectivity index (χ1v) is 56.6. The average Bonchev–Trinajstić information content (AvgIpc) is 1.50. The van der Waals surface area contributed by atoms with Crippen molar-refractivity contribution in [3.8, 4) is 67.3 Å². The van der Waals surface area contributed by atoms with Crippen LogP contribution in [0.1, 0.15) is 158 Å². The van der Waals surface area contributed by atoms with Gasteiger partial charge >= 0.3 is 105 Å². The van der Waals surface area contributed by atoms with E-state index in [0.29, 0.717) is 28.8 Å². The van der Waals surface area contributed by atoms with Gasteiger partial charge in [0.2, 0.25) is 0 Å². The van der Waals surface area contributed by atoms with Crippen LogP contribution in [0.3, 0.4) is 0 Å². The zero-order chi connectivity index (χ0) is 108. The molecule has 0 spiro atoms. The Kier molecular flexibility index (Phi) is 30.7. The largest absolute Gasteiger partial charge is 0 e. The van der Waals surface area contributed by atoms with E-state index < -0.39 is 51.9 Å². The van der Waals surface area contributed by atoms with Crippen molar-refractivity contribution in [3.05, 3.63) is 418 Å². The number of para-hydroxylation sites is 1. The van der Waals surface area contributed by atoms with Crippen LogP contribution in [0.2, 0.25) is 36.9 Å². The number of benzene rings is 12. The van der Waals surface area contributed by atoms with Gasteiger partial charge in [-0.2, -0.15) is 0 Å². The molecule has 0 amide bonds. The fourth-order valence-electron chi connectivity index (χ4n) is 17.2. The minimum absolute atomic E-state index is 0. The Balaban J connectivity index is 0.000000173. The van der Waals surface area contributed by atoms with Gasteiger partial charge in [0.15, 0.2) is 11.6 Å². The SMILES string of the molecule is CC(=O)C=C(C)O.CC(=O)C=C(C)O.C[Si](C)(C)c1cc(-c2[c-]cccc2)ncc1-c1ccccc1.Cc1[c-]c(-c2nccc3c(C(C)C)cc(C(C)C)cc23)cc(C)c1.Cc1cccnc1-c1[c-]cccc1.Cc1cnc2c3[c-]cccc3c3ccccc3c2n1.[2H]C1=C2Cc3c([2H])c([2H])c([2H])c4c3N2N(c2c([2H])c([2H])c(C)c([2H])c2-4)C1c1c(C)c([2H])c([2H])c([2H])c1C([2H])([2H])[2H].[CH3][Ge]([CH3])([CH3])[c]1ccc2[n+](c1)Cc1ccccc1-2.[Ir].[Ir].[Ir]. The second-order valence-corrected chi connectivity index (χ2v) is 52.8. The number of carbonyl (C=O) groups is 2. The molecule has 3 radical (unpaired) electrons. The Labute approximate surface area is 884 Å². The monoisotopic (exact) mass is 2460 g/mol. The third kappa shape index (κ3) is 25.7. The molecule has 12 nitrogen and oxygen atoms in total. The minimum atomic E-state index is -2.89. The van der Waals surface area contributed by atoms with Gasteiger partial charge < -0.3 is 30.1 Å². The number of fused-ring (bicyclic) bond motifs is 13. The Morgan fingerprint density at radius 3 is 1.86 bits per heavy atom. The molecule has 0 bridgehead atoms. The van der Waals surface area contributed by atoms with Gasteiger partial charge in [-0.25, -0.2) is 0 Å². The molecule has 1 unspecified atom stereocenters. The van der Waals surface area contributed by atoms with E-state index in [0.717, 1.165) is 73.4 Å². The van der Waals surface area contributed by atoms with Crippen LogP contribution >= 0.6 is 0 Å². The maximum Gasteiger partial charge on any atom is 0 e. The van der Waals surface area contributed by atoms with Crippen LogP contribution in [0.4, 0.5) is 11.4 Å². The predicted molar refractivity (Wildman–Crippen MR) is 572 cm³/mol. The third-order valence-electron chi connectivity index (χ3n) is 23.5. The summed E-state index contributed by atoms with van der Waals surface area (Å²) in [7, 11) is -1.48. The second kappa shape index (κ2) is 47.7. The summed E-state index contributed by atoms with van der Waals surface area (Å²) < 4.78 is 115. The fraction of sp³-hybridized carbons (Fsp3) is 0.213. The van der Waals surface area contributed by atoms with Crippen LogP contribution in [0, 0.1) is 72.7 Å². The van der Waals surface area contributed by atoms with Crippen molar-refractivity contribution in [3.63, 3.8) is 0 Å². The zero-order valence-electron chi connectivity index (χ0n) is 95.1. The van der Waals surface area contributed by atoms with Crippen molar-refractivity contribution < 1.29 is 103 Å². The zero-order valence-corrected chi connectivity index (χ0v) is 92.4. The number of aryl methyl sites for hydroxylation is 4. The molecule has 4 aliphatic rings. The molecule has 0 saturated carbocycles. The van der Waals surface area contributed by atoms with E-state index in [1.54, 1.807) is 4.40 Å². The second-order valence-electron chi connectivity index (χ2n) is 37.1. The number of ketones is 2. The van der Waals surface area contributed by atoms with E-state index in [9.17, 15) is 11.0 Å². The summed E-state index contributed by atoms with van der Waals surface area (Å²) in [5, 5.41) is 28.3. The molecular weight excluding hydrogens is 2320 g/mol. The van der Waals surface area contributed by atoms with Gasteiger partial charge in [-0.15, -0.1) is 136 Å². The molecule has 21 rings (SSSR count). The summed E-state index contributed by atoms with van der Waals surface area (Å²) in [6.07, 6.45) is 12.3. The summed E-state index contributed by atoms with van der Waals surface area (Å²) >= 11 is -1.70. The van der Waals surface area contributed by atoms with Crippen molar-refractivity contribution in [2.24, 2.45) is 0 Å². The third-order valence-corrected chi connectivity index (χ3v) is 29.8. The first kappa shape index (κ1) is 89.5. The molecule has 0 fully saturated rings. The molecule has 5 aromatic heterocycles. The van der Waals surface area contributed by atoms with Crippen LogP contribution in [0.15, 0.2) is 327 Å². The fourth-order valence-corrected chi connectivity index (χ4v) is 21.1. The number of aliphatic hydroxyl groups is 2. The van der Waals surface area contributed by atoms with Crippen molar-refractivity contribution in [1.82, 2.24) is 24.9 Å². The standard InChI is InChI=1S/C25H22N2.C23H26N.C20H20NSi.C17H11N2.C15H18GeN.C12H10N.2C5H8O2.3Ir/c1-15-10-11-22-21(12-15)20-9-5-8-18-13-19-14-23(27(22)26(19)25(18)20)24-16(2)6-4-7-17(24)3;1-14(2)18-12-21(15(3)4)20-7-8-24-23(22(20)13-18)19-10-16(5)9-17(6)11-19;1-22(2,3)20-14-19(17-12-8-5-9-13-17)21-15-18(20)16-10-6-4-7-11-16;1-11-10-18-16-14-8-4-2-6-12(14)13-7-3-5-9-15(13)17(16)19-11;1-16(2,3)13-8-9-15-14-7-5-4-6-12(14)10-17(15)11-13;1-10-6-5-9-13-12(10)11-7-3-2-4-8-11;2*1-4(6)3-5(2)7;;;/h4-12,14,23H,13H2,1-3H3;7-10,12-15H,1-6H3;4-12,14-15H,1-3H3;2-7,9-10H,1H3;4-9,11H,10H2,1-3H3;2-7,9H,1H3;2*3,6H,1-2H3;;;/q;3*-1;+1;-1;;;;;/i2D3,4D,5D,6D,7D,8D,9D,10D,11D,12D,14D;;;;;;;;;;. The first-order valence-electron chi connectivity index (χ1n) is 52.3. The van der Waals surface area contributed by atoms with Gasteiger partial charge in [-0.3, -0.25) is 24.6 Å². The maximum atomic E-state index is 10.0. The molecule has 1 atom stereocenters. The summed E-state index contributed by atoms with van der Waals surface area (Å²) in [6.45, 7) is 31.3. The summed E-state index contributed by atoms with van der Waals surface area (Å²) in [4.78, 5) is 43.0. The van der Waals surface area contributed by atoms with Gasteiger partial charge in [0, 0.05) is 130 Å². The van der Waals surface area contributed by atoms with Crippen LogP contribution in [0.5, 0.6) is 0 Å². The molecule has 713 valence electrons. The van der Waals surface area contributed by atoms with Gasteiger partial charge in [0.25, 0.3) is 0 Å². The summed E-state index contributed by atoms with van der Waals surface area (Å²) in [5.74, 6) is 8.21. The topological polar surface area (TPSA) is 149 Å². The molecule has 17 heteroatoms. The molecule has 4 aliphatic heterocycles. The number of pyridine rings is 4. The number of allylic oxidation sites excluding steroid dienone is 5. The quantitative estimate of drug-likeness (QED) is 0.0318. The minimum Gasteiger partial charge on any atom is 0 e. The molecule has 0 saturated heterocycles. The predicted octanol–water partition coefficient (Wildman–Crippen LogP) is 28.9. The van der Waals surface area contributed by atoms with Crippen LogP contribution in [-0.4, -0.2) is 68.0 Å². The molecule has 12 aromatic carbocycles. The van der Waals surface area contributed by atoms with Crippen molar-refractivity contribution >= 4 is 97.2 Å².